The molecule has 1 aliphatic carbocycles. The van der Waals surface area contributed by atoms with Gasteiger partial charge in [0.15, 0.2) is 11.7 Å². The molecule has 0 aliphatic heterocycles. The summed E-state index contributed by atoms with van der Waals surface area (Å²) in [7, 11) is 0. The molecule has 160 valence electrons. The second-order valence-corrected chi connectivity index (χ2v) is 8.64. The van der Waals surface area contributed by atoms with Crippen molar-refractivity contribution in [3.63, 3.8) is 0 Å². The summed E-state index contributed by atoms with van der Waals surface area (Å²) in [5, 5.41) is 6.40. The molecule has 6 nitrogen and oxygen atoms in total. The van der Waals surface area contributed by atoms with Gasteiger partial charge in [0.25, 0.3) is 5.91 Å². The number of carbonyl (C=O) groups excluding carboxylic acids is 2. The number of anilines is 1. The zero-order chi connectivity index (χ0) is 21.7. The Hall–Kier alpha value is -2.45. The molecule has 1 amide bonds. The predicted molar refractivity (Wildman–Crippen MR) is 123 cm³/mol. The van der Waals surface area contributed by atoms with Crippen molar-refractivity contribution < 1.29 is 19.1 Å². The van der Waals surface area contributed by atoms with Crippen LogP contribution in [0.15, 0.2) is 18.2 Å². The molecular formula is C22H26N2O4S2. The van der Waals surface area contributed by atoms with Gasteiger partial charge in [0.05, 0.1) is 12.2 Å². The minimum atomic E-state index is -0.368. The summed E-state index contributed by atoms with van der Waals surface area (Å²) in [6, 6.07) is 5.70. The largest absolute Gasteiger partial charge is 0.483 e. The van der Waals surface area contributed by atoms with Gasteiger partial charge in [0.2, 0.25) is 0 Å². The van der Waals surface area contributed by atoms with E-state index >= 15 is 0 Å². The summed E-state index contributed by atoms with van der Waals surface area (Å²) in [4.78, 5) is 26.0. The maximum Gasteiger partial charge on any atom is 0.341 e. The fourth-order valence-corrected chi connectivity index (χ4v) is 4.96. The molecule has 0 atom stereocenters. The number of carbonyl (C=O) groups is 2. The van der Waals surface area contributed by atoms with Crippen LogP contribution in [0.2, 0.25) is 0 Å². The van der Waals surface area contributed by atoms with Gasteiger partial charge in [0, 0.05) is 4.88 Å². The van der Waals surface area contributed by atoms with E-state index in [1.165, 1.54) is 16.2 Å². The van der Waals surface area contributed by atoms with Crippen molar-refractivity contribution in [3.8, 4) is 5.75 Å². The van der Waals surface area contributed by atoms with Crippen LogP contribution in [0.5, 0.6) is 5.75 Å². The quantitative estimate of drug-likeness (QED) is 0.509. The van der Waals surface area contributed by atoms with Gasteiger partial charge in [0.1, 0.15) is 10.8 Å². The van der Waals surface area contributed by atoms with Crippen LogP contribution in [-0.4, -0.2) is 30.2 Å². The molecule has 0 unspecified atom stereocenters. The van der Waals surface area contributed by atoms with Crippen molar-refractivity contribution in [1.82, 2.24) is 5.32 Å². The van der Waals surface area contributed by atoms with Crippen molar-refractivity contribution in [1.29, 1.82) is 0 Å². The molecule has 0 fully saturated rings. The molecule has 2 aromatic rings. The molecule has 2 N–H and O–H groups in total. The number of amides is 1. The van der Waals surface area contributed by atoms with Crippen LogP contribution in [0.4, 0.5) is 5.00 Å². The van der Waals surface area contributed by atoms with Gasteiger partial charge in [-0.05, 0) is 81.4 Å². The fourth-order valence-electron chi connectivity index (χ4n) is 3.39. The zero-order valence-corrected chi connectivity index (χ0v) is 19.1. The van der Waals surface area contributed by atoms with Crippen molar-refractivity contribution in [3.05, 3.63) is 45.3 Å². The second-order valence-electron chi connectivity index (χ2n) is 7.12. The average Bonchev–Trinajstić information content (AvgIpc) is 3.06. The Morgan fingerprint density at radius 2 is 1.97 bits per heavy atom. The Labute approximate surface area is 186 Å². The van der Waals surface area contributed by atoms with E-state index in [0.717, 1.165) is 42.4 Å². The molecule has 0 bridgehead atoms. The van der Waals surface area contributed by atoms with Crippen LogP contribution in [0.25, 0.3) is 0 Å². The molecule has 8 heteroatoms. The molecule has 0 saturated carbocycles. The highest BCUT2D eigenvalue weighted by atomic mass is 32.1. The summed E-state index contributed by atoms with van der Waals surface area (Å²) in [6.45, 7) is 5.87. The number of benzene rings is 1. The van der Waals surface area contributed by atoms with Crippen LogP contribution in [0.1, 0.15) is 51.7 Å². The van der Waals surface area contributed by atoms with E-state index in [1.54, 1.807) is 6.92 Å². The first-order chi connectivity index (χ1) is 14.4. The Morgan fingerprint density at radius 3 is 2.73 bits per heavy atom. The fraction of sp³-hybridized carbons (Fsp3) is 0.409. The van der Waals surface area contributed by atoms with Gasteiger partial charge in [-0.3, -0.25) is 10.1 Å². The first-order valence-corrected chi connectivity index (χ1v) is 11.2. The van der Waals surface area contributed by atoms with Crippen molar-refractivity contribution >= 4 is 45.5 Å². The van der Waals surface area contributed by atoms with E-state index in [1.807, 2.05) is 32.0 Å². The van der Waals surface area contributed by atoms with Gasteiger partial charge in [-0.15, -0.1) is 11.3 Å². The topological polar surface area (TPSA) is 76.7 Å². The van der Waals surface area contributed by atoms with E-state index in [9.17, 15) is 9.59 Å². The van der Waals surface area contributed by atoms with E-state index in [0.29, 0.717) is 22.9 Å². The van der Waals surface area contributed by atoms with Crippen LogP contribution in [0.3, 0.4) is 0 Å². The van der Waals surface area contributed by atoms with Gasteiger partial charge in [-0.1, -0.05) is 12.1 Å². The minimum absolute atomic E-state index is 0.133. The summed E-state index contributed by atoms with van der Waals surface area (Å²) in [5.41, 5.74) is 3.67. The number of thiocarbonyl (C=S) groups is 1. The third kappa shape index (κ3) is 5.17. The maximum atomic E-state index is 12.5. The first-order valence-electron chi connectivity index (χ1n) is 10.0. The summed E-state index contributed by atoms with van der Waals surface area (Å²) in [6.07, 6.45) is 3.94. The van der Waals surface area contributed by atoms with Crippen molar-refractivity contribution in [2.45, 2.75) is 46.5 Å². The van der Waals surface area contributed by atoms with Crippen molar-refractivity contribution in [2.24, 2.45) is 0 Å². The van der Waals surface area contributed by atoms with E-state index < -0.39 is 0 Å². The molecule has 1 heterocycles. The Morgan fingerprint density at radius 1 is 1.20 bits per heavy atom. The van der Waals surface area contributed by atoms with Gasteiger partial charge in [-0.2, -0.15) is 0 Å². The number of aryl methyl sites for hydroxylation is 2. The third-order valence-electron chi connectivity index (χ3n) is 5.04. The number of rotatable bonds is 6. The number of hydrogen-bond acceptors (Lipinski definition) is 6. The molecule has 0 spiro atoms. The lowest BCUT2D eigenvalue weighted by molar-refractivity contribution is -0.121. The van der Waals surface area contributed by atoms with Crippen LogP contribution in [-0.2, 0) is 22.4 Å². The molecule has 30 heavy (non-hydrogen) atoms. The molecule has 1 aromatic heterocycles. The summed E-state index contributed by atoms with van der Waals surface area (Å²) < 4.78 is 10.9. The summed E-state index contributed by atoms with van der Waals surface area (Å²) in [5.74, 6) is -0.0567. The lowest BCUT2D eigenvalue weighted by atomic mass is 9.95. The van der Waals surface area contributed by atoms with Crippen molar-refractivity contribution in [2.75, 3.05) is 18.5 Å². The second kappa shape index (κ2) is 10.0. The van der Waals surface area contributed by atoms with Gasteiger partial charge in [-0.25, -0.2) is 4.79 Å². The van der Waals surface area contributed by atoms with E-state index in [-0.39, 0.29) is 23.6 Å². The van der Waals surface area contributed by atoms with Crippen LogP contribution >= 0.6 is 23.6 Å². The highest BCUT2D eigenvalue weighted by molar-refractivity contribution is 7.80. The van der Waals surface area contributed by atoms with Gasteiger partial charge < -0.3 is 14.8 Å². The number of thiophene rings is 1. The maximum absolute atomic E-state index is 12.5. The zero-order valence-electron chi connectivity index (χ0n) is 17.4. The Kier molecular flexibility index (Phi) is 7.44. The van der Waals surface area contributed by atoms with E-state index in [2.05, 4.69) is 10.6 Å². The van der Waals surface area contributed by atoms with Gasteiger partial charge >= 0.3 is 5.97 Å². The smallest absolute Gasteiger partial charge is 0.341 e. The lowest BCUT2D eigenvalue weighted by Gasteiger charge is -2.13. The number of esters is 1. The minimum Gasteiger partial charge on any atom is -0.483 e. The first kappa shape index (κ1) is 22.2. The number of hydrogen-bond donors (Lipinski definition) is 2. The SMILES string of the molecule is CCOC(=O)c1c(NC(=S)NC(=O)COc2cccc(C)c2C)sc2c1CCCC2. The molecule has 1 aliphatic rings. The molecule has 3 rings (SSSR count). The molecule has 0 radical (unpaired) electrons. The molecular weight excluding hydrogens is 420 g/mol. The molecule has 0 saturated heterocycles. The van der Waals surface area contributed by atoms with E-state index in [4.69, 9.17) is 21.7 Å². The highest BCUT2D eigenvalue weighted by Crippen LogP contribution is 2.38. The van der Waals surface area contributed by atoms with Crippen LogP contribution in [0, 0.1) is 13.8 Å². The molecule has 1 aromatic carbocycles. The average molecular weight is 447 g/mol. The number of fused-ring (bicyclic) bond motifs is 1. The lowest BCUT2D eigenvalue weighted by Crippen LogP contribution is -2.37. The number of nitrogens with one attached hydrogen (secondary N) is 2. The normalized spacial score (nSPS) is 12.6. The monoisotopic (exact) mass is 446 g/mol. The Bertz CT molecular complexity index is 968. The standard InChI is InChI=1S/C22H26N2O4S2/c1-4-27-21(26)19-15-9-5-6-11-17(15)30-20(19)24-22(29)23-18(25)12-28-16-10-7-8-13(2)14(16)3/h7-8,10H,4-6,9,11-12H2,1-3H3,(H2,23,24,25,29). The summed E-state index contributed by atoms with van der Waals surface area (Å²) >= 11 is 6.80. The van der Waals surface area contributed by atoms with Crippen LogP contribution < -0.4 is 15.4 Å². The Balaban J connectivity index is 1.64. The predicted octanol–water partition coefficient (Wildman–Crippen LogP) is 4.31. The third-order valence-corrected chi connectivity index (χ3v) is 6.46. The highest BCUT2D eigenvalue weighted by Gasteiger charge is 2.27. The number of ether oxygens (including phenoxy) is 2.